The molecule has 1 aromatic rings. The SMILES string of the molecule is C[C](C)c1ccc(Br)c(C#N)c1. The second-order valence-corrected chi connectivity index (χ2v) is 3.66. The van der Waals surface area contributed by atoms with Crippen LogP contribution in [0.4, 0.5) is 0 Å². The van der Waals surface area contributed by atoms with Crippen molar-refractivity contribution in [2.24, 2.45) is 0 Å². The van der Waals surface area contributed by atoms with E-state index >= 15 is 0 Å². The molecule has 0 N–H and O–H groups in total. The molecule has 0 saturated heterocycles. The summed E-state index contributed by atoms with van der Waals surface area (Å²) in [5.74, 6) is 1.22. The van der Waals surface area contributed by atoms with Crippen molar-refractivity contribution in [1.29, 1.82) is 5.26 Å². The maximum absolute atomic E-state index is 8.74. The van der Waals surface area contributed by atoms with E-state index in [9.17, 15) is 0 Å². The van der Waals surface area contributed by atoms with E-state index < -0.39 is 0 Å². The number of nitriles is 1. The highest BCUT2D eigenvalue weighted by Crippen LogP contribution is 2.21. The molecule has 0 aliphatic heterocycles. The van der Waals surface area contributed by atoms with Gasteiger partial charge in [-0.25, -0.2) is 0 Å². The number of halogens is 1. The third-order valence-electron chi connectivity index (χ3n) is 1.66. The highest BCUT2D eigenvalue weighted by Gasteiger charge is 2.03. The van der Waals surface area contributed by atoms with Gasteiger partial charge in [-0.1, -0.05) is 19.9 Å². The number of rotatable bonds is 1. The van der Waals surface area contributed by atoms with Crippen LogP contribution >= 0.6 is 15.9 Å². The van der Waals surface area contributed by atoms with E-state index in [1.807, 2.05) is 32.0 Å². The Balaban J connectivity index is 3.16. The summed E-state index contributed by atoms with van der Waals surface area (Å²) in [4.78, 5) is 0. The molecule has 1 radical (unpaired) electrons. The molecule has 2 heteroatoms. The maximum atomic E-state index is 8.74. The van der Waals surface area contributed by atoms with Crippen molar-refractivity contribution in [2.75, 3.05) is 0 Å². The van der Waals surface area contributed by atoms with Crippen molar-refractivity contribution in [3.05, 3.63) is 39.7 Å². The molecule has 1 nitrogen and oxygen atoms in total. The Bertz CT molecular complexity index is 323. The van der Waals surface area contributed by atoms with Gasteiger partial charge in [0, 0.05) is 4.47 Å². The van der Waals surface area contributed by atoms with Crippen LogP contribution in [-0.2, 0) is 0 Å². The van der Waals surface area contributed by atoms with Crippen molar-refractivity contribution >= 4 is 15.9 Å². The molecule has 0 aliphatic rings. The third kappa shape index (κ3) is 1.86. The van der Waals surface area contributed by atoms with Crippen LogP contribution in [0.25, 0.3) is 0 Å². The average Bonchev–Trinajstić information content (AvgIpc) is 2.05. The van der Waals surface area contributed by atoms with Crippen molar-refractivity contribution in [1.82, 2.24) is 0 Å². The summed E-state index contributed by atoms with van der Waals surface area (Å²) in [6, 6.07) is 7.92. The van der Waals surface area contributed by atoms with Gasteiger partial charge in [-0.3, -0.25) is 0 Å². The van der Waals surface area contributed by atoms with Gasteiger partial charge in [-0.2, -0.15) is 5.26 Å². The molecule has 61 valence electrons. The number of benzene rings is 1. The first-order chi connectivity index (χ1) is 5.65. The second kappa shape index (κ2) is 3.73. The van der Waals surface area contributed by atoms with Gasteiger partial charge in [0.05, 0.1) is 5.56 Å². The Morgan fingerprint density at radius 1 is 1.42 bits per heavy atom. The summed E-state index contributed by atoms with van der Waals surface area (Å²) in [6.45, 7) is 4.06. The van der Waals surface area contributed by atoms with Gasteiger partial charge in [0.15, 0.2) is 0 Å². The molecule has 0 atom stereocenters. The number of nitrogens with zero attached hydrogens (tertiary/aromatic N) is 1. The fourth-order valence-electron chi connectivity index (χ4n) is 0.922. The monoisotopic (exact) mass is 222 g/mol. The van der Waals surface area contributed by atoms with Crippen LogP contribution in [0.15, 0.2) is 22.7 Å². The molecule has 0 aromatic heterocycles. The Kier molecular flexibility index (Phi) is 2.88. The van der Waals surface area contributed by atoms with Crippen LogP contribution < -0.4 is 0 Å². The average molecular weight is 223 g/mol. The fourth-order valence-corrected chi connectivity index (χ4v) is 1.26. The lowest BCUT2D eigenvalue weighted by molar-refractivity contribution is 1.14. The van der Waals surface area contributed by atoms with Crippen LogP contribution in [0, 0.1) is 17.2 Å². The van der Waals surface area contributed by atoms with Crippen molar-refractivity contribution in [3.63, 3.8) is 0 Å². The van der Waals surface area contributed by atoms with Gasteiger partial charge in [0.2, 0.25) is 0 Å². The topological polar surface area (TPSA) is 23.8 Å². The minimum atomic E-state index is 0.689. The molecule has 0 unspecified atom stereocenters. The molecule has 0 amide bonds. The zero-order chi connectivity index (χ0) is 9.14. The van der Waals surface area contributed by atoms with E-state index in [4.69, 9.17) is 5.26 Å². The smallest absolute Gasteiger partial charge is 0.100 e. The van der Waals surface area contributed by atoms with Gasteiger partial charge in [0.1, 0.15) is 6.07 Å². The first kappa shape index (κ1) is 9.28. The molecule has 1 aromatic carbocycles. The van der Waals surface area contributed by atoms with Crippen molar-refractivity contribution in [2.45, 2.75) is 13.8 Å². The van der Waals surface area contributed by atoms with E-state index in [-0.39, 0.29) is 0 Å². The summed E-state index contributed by atoms with van der Waals surface area (Å²) in [6.07, 6.45) is 0. The summed E-state index contributed by atoms with van der Waals surface area (Å²) < 4.78 is 0.856. The van der Waals surface area contributed by atoms with Gasteiger partial charge >= 0.3 is 0 Å². The van der Waals surface area contributed by atoms with E-state index in [0.717, 1.165) is 10.0 Å². The summed E-state index contributed by atoms with van der Waals surface area (Å²) in [5, 5.41) is 8.74. The first-order valence-corrected chi connectivity index (χ1v) is 4.44. The van der Waals surface area contributed by atoms with Crippen molar-refractivity contribution < 1.29 is 0 Å². The largest absolute Gasteiger partial charge is 0.192 e. The van der Waals surface area contributed by atoms with Gasteiger partial charge in [0.25, 0.3) is 0 Å². The van der Waals surface area contributed by atoms with E-state index in [1.165, 1.54) is 5.92 Å². The predicted molar refractivity (Wildman–Crippen MR) is 52.6 cm³/mol. The zero-order valence-corrected chi connectivity index (χ0v) is 8.64. The normalized spacial score (nSPS) is 9.92. The lowest BCUT2D eigenvalue weighted by Gasteiger charge is -2.04. The Morgan fingerprint density at radius 2 is 2.08 bits per heavy atom. The molecule has 12 heavy (non-hydrogen) atoms. The predicted octanol–water partition coefficient (Wildman–Crippen LogP) is 3.28. The zero-order valence-electron chi connectivity index (χ0n) is 7.06. The van der Waals surface area contributed by atoms with E-state index in [2.05, 4.69) is 22.0 Å². The molecule has 0 bridgehead atoms. The summed E-state index contributed by atoms with van der Waals surface area (Å²) in [7, 11) is 0. The molecular formula is C10H9BrN. The first-order valence-electron chi connectivity index (χ1n) is 3.65. The van der Waals surface area contributed by atoms with Gasteiger partial charge < -0.3 is 0 Å². The lowest BCUT2D eigenvalue weighted by atomic mass is 10.0. The van der Waals surface area contributed by atoms with Crippen molar-refractivity contribution in [3.8, 4) is 6.07 Å². The van der Waals surface area contributed by atoms with Crippen LogP contribution in [0.3, 0.4) is 0 Å². The Morgan fingerprint density at radius 3 is 2.58 bits per heavy atom. The van der Waals surface area contributed by atoms with Crippen LogP contribution in [-0.4, -0.2) is 0 Å². The number of hydrogen-bond acceptors (Lipinski definition) is 1. The maximum Gasteiger partial charge on any atom is 0.100 e. The minimum absolute atomic E-state index is 0.689. The lowest BCUT2D eigenvalue weighted by Crippen LogP contribution is -1.89. The molecule has 0 fully saturated rings. The van der Waals surface area contributed by atoms with E-state index in [0.29, 0.717) is 5.56 Å². The van der Waals surface area contributed by atoms with Crippen LogP contribution in [0.5, 0.6) is 0 Å². The highest BCUT2D eigenvalue weighted by molar-refractivity contribution is 9.10. The van der Waals surface area contributed by atoms with Crippen LogP contribution in [0.2, 0.25) is 0 Å². The van der Waals surface area contributed by atoms with Gasteiger partial charge in [-0.05, 0) is 39.5 Å². The molecule has 0 aliphatic carbocycles. The highest BCUT2D eigenvalue weighted by atomic mass is 79.9. The summed E-state index contributed by atoms with van der Waals surface area (Å²) in [5.41, 5.74) is 1.81. The summed E-state index contributed by atoms with van der Waals surface area (Å²) >= 11 is 3.31. The second-order valence-electron chi connectivity index (χ2n) is 2.81. The molecule has 0 heterocycles. The fraction of sp³-hybridized carbons (Fsp3) is 0.200. The standard InChI is InChI=1S/C10H9BrN/c1-7(2)8-3-4-10(11)9(5-8)6-12/h3-5H,1-2H3. The van der Waals surface area contributed by atoms with Crippen LogP contribution in [0.1, 0.15) is 25.0 Å². The Hall–Kier alpha value is -0.810. The quantitative estimate of drug-likeness (QED) is 0.716. The molecule has 0 spiro atoms. The number of hydrogen-bond donors (Lipinski definition) is 0. The molecular weight excluding hydrogens is 214 g/mol. The van der Waals surface area contributed by atoms with E-state index in [1.54, 1.807) is 0 Å². The molecule has 1 rings (SSSR count). The Labute approximate surface area is 81.2 Å². The molecule has 0 saturated carbocycles. The third-order valence-corrected chi connectivity index (χ3v) is 2.36. The minimum Gasteiger partial charge on any atom is -0.192 e. The van der Waals surface area contributed by atoms with Gasteiger partial charge in [-0.15, -0.1) is 0 Å².